The van der Waals surface area contributed by atoms with Gasteiger partial charge in [0, 0.05) is 0 Å². The summed E-state index contributed by atoms with van der Waals surface area (Å²) in [4.78, 5) is 23.2. The fraction of sp³-hybridized carbons (Fsp3) is 0.222. The first-order valence-corrected chi connectivity index (χ1v) is 7.70. The van der Waals surface area contributed by atoms with Gasteiger partial charge < -0.3 is 19.7 Å². The molecule has 0 heterocycles. The average molecular weight is 402 g/mol. The smallest absolute Gasteiger partial charge is 0.346 e. The van der Waals surface area contributed by atoms with Crippen LogP contribution in [0.3, 0.4) is 0 Å². The number of alkyl halides is 4. The van der Waals surface area contributed by atoms with Crippen molar-refractivity contribution < 1.29 is 46.8 Å². The molecule has 0 unspecified atom stereocenters. The maximum atomic E-state index is 13.8. The van der Waals surface area contributed by atoms with E-state index in [1.807, 2.05) is 0 Å². The summed E-state index contributed by atoms with van der Waals surface area (Å²) in [5.41, 5.74) is -0.452. The SMILES string of the molecule is O=C(OCC(F)(F)C(F)(F)COC(=O)c1ccc(O)cc1)c1ccc(O)cc1. The van der Waals surface area contributed by atoms with E-state index in [2.05, 4.69) is 9.47 Å². The number of phenolic OH excluding ortho intramolecular Hbond substituents is 2. The molecule has 150 valence electrons. The molecule has 2 aromatic rings. The topological polar surface area (TPSA) is 93.1 Å². The van der Waals surface area contributed by atoms with E-state index in [4.69, 9.17) is 10.2 Å². The lowest BCUT2D eigenvalue weighted by atomic mass is 10.2. The van der Waals surface area contributed by atoms with Crippen molar-refractivity contribution in [3.8, 4) is 11.5 Å². The largest absolute Gasteiger partial charge is 0.508 e. The van der Waals surface area contributed by atoms with Crippen LogP contribution in [0, 0.1) is 0 Å². The summed E-state index contributed by atoms with van der Waals surface area (Å²) in [6.45, 7) is -3.90. The van der Waals surface area contributed by atoms with Crippen LogP contribution in [-0.4, -0.2) is 47.2 Å². The number of ether oxygens (including phenoxy) is 2. The first-order valence-electron chi connectivity index (χ1n) is 7.70. The summed E-state index contributed by atoms with van der Waals surface area (Å²) in [5.74, 6) is -12.6. The number of hydrogen-bond acceptors (Lipinski definition) is 6. The molecule has 0 spiro atoms. The average Bonchev–Trinajstić information content (AvgIpc) is 2.65. The van der Waals surface area contributed by atoms with Gasteiger partial charge in [0.15, 0.2) is 13.2 Å². The standard InChI is InChI=1S/C18H14F4O6/c19-17(20,9-27-15(25)11-1-5-13(23)6-2-11)18(21,22)10-28-16(26)12-3-7-14(24)8-4-12/h1-8,23-24H,9-10H2. The van der Waals surface area contributed by atoms with Gasteiger partial charge in [-0.1, -0.05) is 0 Å². The summed E-state index contributed by atoms with van der Waals surface area (Å²) in [6, 6.07) is 8.61. The van der Waals surface area contributed by atoms with Crippen molar-refractivity contribution in [1.29, 1.82) is 0 Å². The van der Waals surface area contributed by atoms with E-state index in [0.29, 0.717) is 0 Å². The van der Waals surface area contributed by atoms with E-state index in [1.165, 1.54) is 0 Å². The van der Waals surface area contributed by atoms with Crippen LogP contribution in [0.15, 0.2) is 48.5 Å². The zero-order chi connectivity index (χ0) is 20.9. The molecule has 2 aromatic carbocycles. The Morgan fingerprint density at radius 3 is 1.25 bits per heavy atom. The molecular formula is C18H14F4O6. The lowest BCUT2D eigenvalue weighted by molar-refractivity contribution is -0.239. The first kappa shape index (κ1) is 21.0. The van der Waals surface area contributed by atoms with Gasteiger partial charge in [-0.05, 0) is 48.5 Å². The van der Waals surface area contributed by atoms with Gasteiger partial charge in [0.2, 0.25) is 0 Å². The first-order chi connectivity index (χ1) is 13.0. The molecule has 0 aliphatic heterocycles. The lowest BCUT2D eigenvalue weighted by Crippen LogP contribution is -2.48. The Labute approximate surface area is 155 Å². The maximum Gasteiger partial charge on any atom is 0.346 e. The van der Waals surface area contributed by atoms with Crippen molar-refractivity contribution >= 4 is 11.9 Å². The lowest BCUT2D eigenvalue weighted by Gasteiger charge is -2.25. The third kappa shape index (κ3) is 5.12. The minimum atomic E-state index is -4.81. The highest BCUT2D eigenvalue weighted by atomic mass is 19.3. The Kier molecular flexibility index (Phi) is 6.12. The van der Waals surface area contributed by atoms with Gasteiger partial charge in [-0.25, -0.2) is 9.59 Å². The van der Waals surface area contributed by atoms with Crippen LogP contribution < -0.4 is 0 Å². The Morgan fingerprint density at radius 1 is 0.679 bits per heavy atom. The number of carbonyl (C=O) groups excluding carboxylic acids is 2. The van der Waals surface area contributed by atoms with Gasteiger partial charge in [-0.2, -0.15) is 17.6 Å². The minimum absolute atomic E-state index is 0.191. The third-order valence-electron chi connectivity index (χ3n) is 3.51. The molecule has 10 heteroatoms. The monoisotopic (exact) mass is 402 g/mol. The number of hydrogen-bond donors (Lipinski definition) is 2. The Bertz CT molecular complexity index is 763. The molecule has 0 fully saturated rings. The summed E-state index contributed by atoms with van der Waals surface area (Å²) >= 11 is 0. The maximum absolute atomic E-state index is 13.8. The molecule has 28 heavy (non-hydrogen) atoms. The van der Waals surface area contributed by atoms with E-state index >= 15 is 0 Å². The van der Waals surface area contributed by atoms with Crippen LogP contribution in [0.4, 0.5) is 17.6 Å². The van der Waals surface area contributed by atoms with E-state index in [1.54, 1.807) is 0 Å². The van der Waals surface area contributed by atoms with Crippen LogP contribution in [0.5, 0.6) is 11.5 Å². The molecule has 2 rings (SSSR count). The summed E-state index contributed by atoms with van der Waals surface area (Å²) in [6.07, 6.45) is 0. The van der Waals surface area contributed by atoms with Crippen molar-refractivity contribution in [3.05, 3.63) is 59.7 Å². The number of carbonyl (C=O) groups is 2. The van der Waals surface area contributed by atoms with Crippen molar-refractivity contribution in [2.45, 2.75) is 11.8 Å². The molecule has 0 amide bonds. The Balaban J connectivity index is 1.94. The quantitative estimate of drug-likeness (QED) is 0.545. The molecule has 0 atom stereocenters. The number of phenols is 2. The van der Waals surface area contributed by atoms with Crippen molar-refractivity contribution in [1.82, 2.24) is 0 Å². The van der Waals surface area contributed by atoms with E-state index in [9.17, 15) is 27.2 Å². The number of esters is 2. The Morgan fingerprint density at radius 2 is 0.964 bits per heavy atom. The zero-order valence-electron chi connectivity index (χ0n) is 14.1. The number of aromatic hydroxyl groups is 2. The van der Waals surface area contributed by atoms with Crippen LogP contribution in [-0.2, 0) is 9.47 Å². The highest BCUT2D eigenvalue weighted by Crippen LogP contribution is 2.35. The normalized spacial score (nSPS) is 11.7. The highest BCUT2D eigenvalue weighted by molar-refractivity contribution is 5.90. The van der Waals surface area contributed by atoms with E-state index < -0.39 is 37.0 Å². The molecule has 0 aromatic heterocycles. The van der Waals surface area contributed by atoms with Gasteiger partial charge >= 0.3 is 23.8 Å². The van der Waals surface area contributed by atoms with Crippen molar-refractivity contribution in [2.24, 2.45) is 0 Å². The van der Waals surface area contributed by atoms with E-state index in [0.717, 1.165) is 48.5 Å². The fourth-order valence-electron chi connectivity index (χ4n) is 1.89. The molecule has 0 aliphatic carbocycles. The summed E-state index contributed by atoms with van der Waals surface area (Å²) in [7, 11) is 0. The van der Waals surface area contributed by atoms with Gasteiger partial charge in [-0.15, -0.1) is 0 Å². The van der Waals surface area contributed by atoms with Crippen molar-refractivity contribution in [3.63, 3.8) is 0 Å². The second-order valence-corrected chi connectivity index (χ2v) is 5.65. The third-order valence-corrected chi connectivity index (χ3v) is 3.51. The van der Waals surface area contributed by atoms with Crippen LogP contribution in [0.2, 0.25) is 0 Å². The molecule has 6 nitrogen and oxygen atoms in total. The molecule has 2 N–H and O–H groups in total. The van der Waals surface area contributed by atoms with Crippen molar-refractivity contribution in [2.75, 3.05) is 13.2 Å². The fourth-order valence-corrected chi connectivity index (χ4v) is 1.89. The molecule has 0 saturated carbocycles. The molecule has 0 saturated heterocycles. The van der Waals surface area contributed by atoms with Crippen LogP contribution in [0.1, 0.15) is 20.7 Å². The predicted molar refractivity (Wildman–Crippen MR) is 86.7 cm³/mol. The van der Waals surface area contributed by atoms with Gasteiger partial charge in [-0.3, -0.25) is 0 Å². The Hall–Kier alpha value is -3.30. The second-order valence-electron chi connectivity index (χ2n) is 5.65. The molecule has 0 radical (unpaired) electrons. The van der Waals surface area contributed by atoms with E-state index in [-0.39, 0.29) is 22.6 Å². The summed E-state index contributed by atoms with van der Waals surface area (Å²) in [5, 5.41) is 18.2. The van der Waals surface area contributed by atoms with Gasteiger partial charge in [0.25, 0.3) is 0 Å². The molecule has 0 aliphatic rings. The number of rotatable bonds is 7. The molecular weight excluding hydrogens is 388 g/mol. The highest BCUT2D eigenvalue weighted by Gasteiger charge is 2.58. The number of benzene rings is 2. The number of halogens is 4. The minimum Gasteiger partial charge on any atom is -0.508 e. The summed E-state index contributed by atoms with van der Waals surface area (Å²) < 4.78 is 63.4. The zero-order valence-corrected chi connectivity index (χ0v) is 14.1. The second kappa shape index (κ2) is 8.15. The van der Waals surface area contributed by atoms with Crippen LogP contribution >= 0.6 is 0 Å². The van der Waals surface area contributed by atoms with Gasteiger partial charge in [0.05, 0.1) is 11.1 Å². The predicted octanol–water partition coefficient (Wildman–Crippen LogP) is 3.38. The van der Waals surface area contributed by atoms with Crippen LogP contribution in [0.25, 0.3) is 0 Å². The van der Waals surface area contributed by atoms with Gasteiger partial charge in [0.1, 0.15) is 11.5 Å². The molecule has 0 bridgehead atoms.